The molecular weight excluding hydrogens is 512 g/mol. The van der Waals surface area contributed by atoms with Crippen LogP contribution >= 0.6 is 0 Å². The van der Waals surface area contributed by atoms with E-state index in [0.29, 0.717) is 23.0 Å². The molecule has 0 unspecified atom stereocenters. The summed E-state index contributed by atoms with van der Waals surface area (Å²) < 4.78 is 29.6. The summed E-state index contributed by atoms with van der Waals surface area (Å²) in [6, 6.07) is 19.5. The van der Waals surface area contributed by atoms with E-state index in [1.807, 2.05) is 26.0 Å². The summed E-state index contributed by atoms with van der Waals surface area (Å²) in [5.41, 5.74) is 5.63. The maximum absolute atomic E-state index is 12.8. The Morgan fingerprint density at radius 1 is 1.05 bits per heavy atom. The van der Waals surface area contributed by atoms with Gasteiger partial charge < -0.3 is 9.84 Å². The van der Waals surface area contributed by atoms with Crippen LogP contribution in [-0.2, 0) is 26.5 Å². The molecule has 1 fully saturated rings. The number of nitrogens with zero attached hydrogens (tertiary/aromatic N) is 3. The zero-order chi connectivity index (χ0) is 27.8. The minimum atomic E-state index is -3.27. The average Bonchev–Trinajstić information content (AvgIpc) is 3.54. The van der Waals surface area contributed by atoms with E-state index in [-0.39, 0.29) is 28.4 Å². The summed E-state index contributed by atoms with van der Waals surface area (Å²) in [5.74, 6) is 0.908. The van der Waals surface area contributed by atoms with Crippen LogP contribution in [0.15, 0.2) is 70.1 Å². The van der Waals surface area contributed by atoms with E-state index in [1.165, 1.54) is 0 Å². The van der Waals surface area contributed by atoms with Gasteiger partial charge in [-0.25, -0.2) is 8.42 Å². The average molecular weight is 541 g/mol. The molecule has 0 atom stereocenters. The molecule has 1 heterocycles. The molecular formula is C30H28N4O4S. The third-order valence-electron chi connectivity index (χ3n) is 7.19. The number of sulfone groups is 1. The molecule has 0 bridgehead atoms. The number of aromatic nitrogens is 2. The number of anilines is 1. The highest BCUT2D eigenvalue weighted by molar-refractivity contribution is 7.91. The van der Waals surface area contributed by atoms with Crippen LogP contribution in [0.1, 0.15) is 53.4 Å². The standard InChI is InChI=1S/C30H28N4O4S/c1-4-39(36,37)25-11-7-21(8-12-25)17-26(35)32-24-15-19(2)27(20(3)16-24)30(13-14-30)29-33-28(38-34-29)23-9-5-22(18-31)6-10-23/h5-12,15-16H,4,13-14,17H2,1-3H3,(H,32,35). The van der Waals surface area contributed by atoms with Gasteiger partial charge in [0.05, 0.1) is 34.1 Å². The Bertz CT molecular complexity index is 1670. The van der Waals surface area contributed by atoms with Crippen molar-refractivity contribution in [3.05, 3.63) is 94.3 Å². The van der Waals surface area contributed by atoms with Crippen LogP contribution in [0.4, 0.5) is 5.69 Å². The number of benzene rings is 3. The third kappa shape index (κ3) is 5.20. The van der Waals surface area contributed by atoms with Crippen molar-refractivity contribution in [3.63, 3.8) is 0 Å². The fourth-order valence-corrected chi connectivity index (χ4v) is 5.98. The van der Waals surface area contributed by atoms with E-state index in [1.54, 1.807) is 55.5 Å². The van der Waals surface area contributed by atoms with Crippen LogP contribution in [0, 0.1) is 25.2 Å². The smallest absolute Gasteiger partial charge is 0.257 e. The number of carbonyl (C=O) groups is 1. The molecule has 1 aliphatic carbocycles. The van der Waals surface area contributed by atoms with Gasteiger partial charge >= 0.3 is 0 Å². The lowest BCUT2D eigenvalue weighted by molar-refractivity contribution is -0.115. The zero-order valence-electron chi connectivity index (χ0n) is 22.0. The fraction of sp³-hybridized carbons (Fsp3) is 0.267. The first-order valence-corrected chi connectivity index (χ1v) is 14.4. The predicted octanol–water partition coefficient (Wildman–Crippen LogP) is 5.28. The molecule has 4 aromatic rings. The Balaban J connectivity index is 1.32. The molecule has 0 radical (unpaired) electrons. The molecule has 1 saturated carbocycles. The molecule has 1 aromatic heterocycles. The van der Waals surface area contributed by atoms with Gasteiger partial charge in [-0.05, 0) is 97.5 Å². The van der Waals surface area contributed by atoms with E-state index < -0.39 is 9.84 Å². The molecule has 39 heavy (non-hydrogen) atoms. The summed E-state index contributed by atoms with van der Waals surface area (Å²) in [4.78, 5) is 17.7. The van der Waals surface area contributed by atoms with Gasteiger partial charge in [0.1, 0.15) is 0 Å². The van der Waals surface area contributed by atoms with E-state index in [0.717, 1.165) is 40.7 Å². The zero-order valence-corrected chi connectivity index (χ0v) is 22.8. The van der Waals surface area contributed by atoms with Crippen molar-refractivity contribution in [2.24, 2.45) is 0 Å². The Morgan fingerprint density at radius 2 is 1.69 bits per heavy atom. The molecule has 1 N–H and O–H groups in total. The summed E-state index contributed by atoms with van der Waals surface area (Å²) >= 11 is 0. The first-order chi connectivity index (χ1) is 18.6. The molecule has 0 saturated heterocycles. The van der Waals surface area contributed by atoms with Gasteiger partial charge in [-0.1, -0.05) is 24.2 Å². The number of aryl methyl sites for hydroxylation is 2. The lowest BCUT2D eigenvalue weighted by Crippen LogP contribution is -2.17. The Kier molecular flexibility index (Phi) is 6.83. The largest absolute Gasteiger partial charge is 0.334 e. The normalized spacial score (nSPS) is 14.0. The minimum absolute atomic E-state index is 0.0355. The second kappa shape index (κ2) is 10.1. The van der Waals surface area contributed by atoms with Crippen molar-refractivity contribution in [3.8, 4) is 17.5 Å². The highest BCUT2D eigenvalue weighted by atomic mass is 32.2. The van der Waals surface area contributed by atoms with Gasteiger partial charge in [0.25, 0.3) is 5.89 Å². The number of nitrogens with one attached hydrogen (secondary N) is 1. The van der Waals surface area contributed by atoms with Crippen molar-refractivity contribution in [1.82, 2.24) is 10.1 Å². The Labute approximate surface area is 227 Å². The van der Waals surface area contributed by atoms with Crippen molar-refractivity contribution in [2.75, 3.05) is 11.1 Å². The number of hydrogen-bond acceptors (Lipinski definition) is 7. The Hall–Kier alpha value is -4.29. The summed E-state index contributed by atoms with van der Waals surface area (Å²) in [7, 11) is -3.27. The molecule has 198 valence electrons. The molecule has 5 rings (SSSR count). The van der Waals surface area contributed by atoms with Gasteiger partial charge in [0.15, 0.2) is 15.7 Å². The topological polar surface area (TPSA) is 126 Å². The van der Waals surface area contributed by atoms with Crippen LogP contribution in [0.2, 0.25) is 0 Å². The maximum atomic E-state index is 12.8. The van der Waals surface area contributed by atoms with E-state index in [4.69, 9.17) is 14.8 Å². The van der Waals surface area contributed by atoms with Gasteiger partial charge in [0, 0.05) is 11.3 Å². The maximum Gasteiger partial charge on any atom is 0.257 e. The van der Waals surface area contributed by atoms with Gasteiger partial charge in [-0.15, -0.1) is 0 Å². The lowest BCUT2D eigenvalue weighted by Gasteiger charge is -2.19. The highest BCUT2D eigenvalue weighted by Crippen LogP contribution is 2.54. The minimum Gasteiger partial charge on any atom is -0.334 e. The summed E-state index contributed by atoms with van der Waals surface area (Å²) in [5, 5.41) is 16.3. The van der Waals surface area contributed by atoms with E-state index >= 15 is 0 Å². The molecule has 9 heteroatoms. The highest BCUT2D eigenvalue weighted by Gasteiger charge is 2.51. The van der Waals surface area contributed by atoms with Gasteiger partial charge in [0.2, 0.25) is 5.91 Å². The molecule has 0 aliphatic heterocycles. The van der Waals surface area contributed by atoms with Gasteiger partial charge in [-0.2, -0.15) is 10.2 Å². The van der Waals surface area contributed by atoms with E-state index in [9.17, 15) is 13.2 Å². The first-order valence-electron chi connectivity index (χ1n) is 12.7. The lowest BCUT2D eigenvalue weighted by atomic mass is 9.87. The Morgan fingerprint density at radius 3 is 2.26 bits per heavy atom. The van der Waals surface area contributed by atoms with Crippen LogP contribution in [0.25, 0.3) is 11.5 Å². The van der Waals surface area contributed by atoms with Crippen molar-refractivity contribution >= 4 is 21.4 Å². The van der Waals surface area contributed by atoms with Gasteiger partial charge in [-0.3, -0.25) is 4.79 Å². The molecule has 0 spiro atoms. The summed E-state index contributed by atoms with van der Waals surface area (Å²) in [6.45, 7) is 5.65. The molecule has 8 nitrogen and oxygen atoms in total. The second-order valence-electron chi connectivity index (χ2n) is 9.95. The SMILES string of the molecule is CCS(=O)(=O)c1ccc(CC(=O)Nc2cc(C)c(C3(c4noc(-c5ccc(C#N)cc5)n4)CC3)c(C)c2)cc1. The van der Waals surface area contributed by atoms with Crippen molar-refractivity contribution in [2.45, 2.75) is 50.3 Å². The number of rotatable bonds is 8. The third-order valence-corrected chi connectivity index (χ3v) is 8.94. The monoisotopic (exact) mass is 540 g/mol. The molecule has 3 aromatic carbocycles. The number of nitriles is 1. The number of hydrogen-bond donors (Lipinski definition) is 1. The molecule has 1 amide bonds. The summed E-state index contributed by atoms with van der Waals surface area (Å²) in [6.07, 6.45) is 1.93. The van der Waals surface area contributed by atoms with Crippen LogP contribution < -0.4 is 5.32 Å². The quantitative estimate of drug-likeness (QED) is 0.322. The number of carbonyl (C=O) groups excluding carboxylic acids is 1. The predicted molar refractivity (Wildman–Crippen MR) is 147 cm³/mol. The number of amides is 1. The first kappa shape index (κ1) is 26.3. The van der Waals surface area contributed by atoms with E-state index in [2.05, 4.69) is 16.5 Å². The van der Waals surface area contributed by atoms with Crippen LogP contribution in [0.3, 0.4) is 0 Å². The second-order valence-corrected chi connectivity index (χ2v) is 12.2. The fourth-order valence-electron chi connectivity index (χ4n) is 5.10. The molecule has 1 aliphatic rings. The van der Waals surface area contributed by atoms with Crippen molar-refractivity contribution < 1.29 is 17.7 Å². The van der Waals surface area contributed by atoms with Crippen molar-refractivity contribution in [1.29, 1.82) is 5.26 Å². The van der Waals surface area contributed by atoms with Crippen LogP contribution in [0.5, 0.6) is 0 Å². The van der Waals surface area contributed by atoms with Crippen LogP contribution in [-0.4, -0.2) is 30.2 Å².